The second-order valence-corrected chi connectivity index (χ2v) is 9.05. The molecule has 1 aliphatic carbocycles. The van der Waals surface area contributed by atoms with Crippen molar-refractivity contribution in [3.05, 3.63) is 53.3 Å². The molecule has 0 atom stereocenters. The summed E-state index contributed by atoms with van der Waals surface area (Å²) in [6.45, 7) is 0. The molecule has 3 rings (SSSR count). The Kier molecular flexibility index (Phi) is 6.14. The molecule has 144 valence electrons. The van der Waals surface area contributed by atoms with Gasteiger partial charge < -0.3 is 5.32 Å². The second kappa shape index (κ2) is 8.37. The van der Waals surface area contributed by atoms with E-state index in [0.717, 1.165) is 25.7 Å². The first kappa shape index (κ1) is 19.8. The quantitative estimate of drug-likeness (QED) is 0.761. The molecule has 0 unspecified atom stereocenters. The van der Waals surface area contributed by atoms with Crippen LogP contribution in [0, 0.1) is 0 Å². The molecule has 1 fully saturated rings. The minimum absolute atomic E-state index is 0.0560. The van der Waals surface area contributed by atoms with Gasteiger partial charge in [-0.25, -0.2) is 13.4 Å². The fourth-order valence-electron chi connectivity index (χ4n) is 3.23. The van der Waals surface area contributed by atoms with Crippen LogP contribution in [-0.2, 0) is 10.0 Å². The highest BCUT2D eigenvalue weighted by Gasteiger charge is 2.28. The van der Waals surface area contributed by atoms with E-state index < -0.39 is 10.0 Å². The number of aromatic nitrogens is 1. The molecule has 1 aromatic carbocycles. The highest BCUT2D eigenvalue weighted by Crippen LogP contribution is 2.27. The van der Waals surface area contributed by atoms with Gasteiger partial charge in [0, 0.05) is 25.0 Å². The highest BCUT2D eigenvalue weighted by molar-refractivity contribution is 7.89. The average Bonchev–Trinajstić information content (AvgIpc) is 2.69. The van der Waals surface area contributed by atoms with E-state index in [-0.39, 0.29) is 16.8 Å². The Balaban J connectivity index is 1.70. The number of nitrogens with zero attached hydrogens (tertiary/aromatic N) is 2. The standard InChI is InChI=1S/C19H22ClN3O3S/c1-23(16-5-3-2-4-6-16)27(25,26)17-10-8-15(9-11-17)22-19(24)14-7-12-18(20)21-13-14/h7-13,16H,2-6H2,1H3,(H,22,24). The van der Waals surface area contributed by atoms with Crippen LogP contribution < -0.4 is 5.32 Å². The first-order valence-electron chi connectivity index (χ1n) is 8.89. The van der Waals surface area contributed by atoms with Gasteiger partial charge in [0.05, 0.1) is 10.5 Å². The van der Waals surface area contributed by atoms with E-state index >= 15 is 0 Å². The van der Waals surface area contributed by atoms with Crippen LogP contribution in [0.4, 0.5) is 5.69 Å². The Morgan fingerprint density at radius 2 is 1.78 bits per heavy atom. The normalized spacial score (nSPS) is 15.7. The summed E-state index contributed by atoms with van der Waals surface area (Å²) in [5.41, 5.74) is 0.877. The van der Waals surface area contributed by atoms with E-state index in [1.807, 2.05) is 0 Å². The van der Waals surface area contributed by atoms with Gasteiger partial charge in [0.25, 0.3) is 5.91 Å². The molecule has 8 heteroatoms. The Bertz CT molecular complexity index is 893. The number of rotatable bonds is 5. The number of nitrogens with one attached hydrogen (secondary N) is 1. The summed E-state index contributed by atoms with van der Waals surface area (Å²) in [7, 11) is -1.90. The van der Waals surface area contributed by atoms with Crippen LogP contribution in [0.5, 0.6) is 0 Å². The Hall–Kier alpha value is -1.96. The van der Waals surface area contributed by atoms with E-state index in [1.54, 1.807) is 25.2 Å². The zero-order valence-electron chi connectivity index (χ0n) is 15.1. The summed E-state index contributed by atoms with van der Waals surface area (Å²) < 4.78 is 27.2. The van der Waals surface area contributed by atoms with Crippen LogP contribution in [0.15, 0.2) is 47.5 Å². The predicted molar refractivity (Wildman–Crippen MR) is 105 cm³/mol. The van der Waals surface area contributed by atoms with E-state index in [9.17, 15) is 13.2 Å². The number of sulfonamides is 1. The van der Waals surface area contributed by atoms with Crippen LogP contribution in [0.25, 0.3) is 0 Å². The van der Waals surface area contributed by atoms with Gasteiger partial charge in [-0.15, -0.1) is 0 Å². The summed E-state index contributed by atoms with van der Waals surface area (Å²) >= 11 is 5.71. The zero-order valence-corrected chi connectivity index (χ0v) is 16.6. The zero-order chi connectivity index (χ0) is 19.4. The molecule has 27 heavy (non-hydrogen) atoms. The van der Waals surface area contributed by atoms with Crippen molar-refractivity contribution in [2.45, 2.75) is 43.0 Å². The lowest BCUT2D eigenvalue weighted by molar-refractivity contribution is 0.102. The number of hydrogen-bond acceptors (Lipinski definition) is 4. The van der Waals surface area contributed by atoms with Crippen molar-refractivity contribution in [3.8, 4) is 0 Å². The van der Waals surface area contributed by atoms with Crippen LogP contribution in [0.2, 0.25) is 5.15 Å². The summed E-state index contributed by atoms with van der Waals surface area (Å²) in [6, 6.07) is 9.37. The number of anilines is 1. The minimum atomic E-state index is -3.54. The van der Waals surface area contributed by atoms with Gasteiger partial charge in [-0.2, -0.15) is 4.31 Å². The van der Waals surface area contributed by atoms with Crippen LogP contribution in [0.3, 0.4) is 0 Å². The number of benzene rings is 1. The first-order chi connectivity index (χ1) is 12.9. The van der Waals surface area contributed by atoms with Crippen LogP contribution in [-0.4, -0.2) is 36.7 Å². The van der Waals surface area contributed by atoms with Crippen molar-refractivity contribution in [1.29, 1.82) is 0 Å². The molecular formula is C19H22ClN3O3S. The lowest BCUT2D eigenvalue weighted by Gasteiger charge is -2.30. The highest BCUT2D eigenvalue weighted by atomic mass is 35.5. The molecule has 0 spiro atoms. The number of hydrogen-bond donors (Lipinski definition) is 1. The third-order valence-corrected chi connectivity index (χ3v) is 7.02. The smallest absolute Gasteiger partial charge is 0.257 e. The third-order valence-electron chi connectivity index (χ3n) is 4.87. The predicted octanol–water partition coefficient (Wildman–Crippen LogP) is 3.94. The molecule has 0 radical (unpaired) electrons. The van der Waals surface area contributed by atoms with Crippen molar-refractivity contribution in [3.63, 3.8) is 0 Å². The fraction of sp³-hybridized carbons (Fsp3) is 0.368. The number of halogens is 1. The molecule has 6 nitrogen and oxygen atoms in total. The van der Waals surface area contributed by atoms with Crippen LogP contribution >= 0.6 is 11.6 Å². The Labute approximate surface area is 164 Å². The molecule has 1 N–H and O–H groups in total. The monoisotopic (exact) mass is 407 g/mol. The van der Waals surface area contributed by atoms with Crippen molar-refractivity contribution >= 4 is 33.2 Å². The molecule has 1 heterocycles. The SMILES string of the molecule is CN(C1CCCCC1)S(=O)(=O)c1ccc(NC(=O)c2ccc(Cl)nc2)cc1. The number of carbonyl (C=O) groups excluding carboxylic acids is 1. The fourth-order valence-corrected chi connectivity index (χ4v) is 4.76. The molecule has 0 aliphatic heterocycles. The summed E-state index contributed by atoms with van der Waals surface area (Å²) in [5, 5.41) is 3.03. The Morgan fingerprint density at radius 1 is 1.11 bits per heavy atom. The molecule has 2 aromatic rings. The maximum atomic E-state index is 12.8. The minimum Gasteiger partial charge on any atom is -0.322 e. The largest absolute Gasteiger partial charge is 0.322 e. The van der Waals surface area contributed by atoms with Gasteiger partial charge in [-0.3, -0.25) is 4.79 Å². The molecule has 1 aliphatic rings. The number of amides is 1. The van der Waals surface area contributed by atoms with Crippen molar-refractivity contribution in [1.82, 2.24) is 9.29 Å². The summed E-state index contributed by atoms with van der Waals surface area (Å²) in [5.74, 6) is -0.339. The van der Waals surface area contributed by atoms with Gasteiger partial charge >= 0.3 is 0 Å². The Morgan fingerprint density at radius 3 is 2.37 bits per heavy atom. The second-order valence-electron chi connectivity index (χ2n) is 6.66. The van der Waals surface area contributed by atoms with Crippen molar-refractivity contribution in [2.24, 2.45) is 0 Å². The van der Waals surface area contributed by atoms with Gasteiger partial charge in [-0.05, 0) is 49.2 Å². The van der Waals surface area contributed by atoms with Gasteiger partial charge in [0.1, 0.15) is 5.15 Å². The van der Waals surface area contributed by atoms with Gasteiger partial charge in [-0.1, -0.05) is 30.9 Å². The lowest BCUT2D eigenvalue weighted by atomic mass is 9.96. The summed E-state index contributed by atoms with van der Waals surface area (Å²) in [4.78, 5) is 16.3. The maximum absolute atomic E-state index is 12.8. The molecule has 1 amide bonds. The molecule has 0 saturated heterocycles. The van der Waals surface area contributed by atoms with E-state index in [0.29, 0.717) is 16.4 Å². The molecule has 1 aromatic heterocycles. The number of pyridine rings is 1. The average molecular weight is 408 g/mol. The van der Waals surface area contributed by atoms with Crippen molar-refractivity contribution in [2.75, 3.05) is 12.4 Å². The van der Waals surface area contributed by atoms with Crippen molar-refractivity contribution < 1.29 is 13.2 Å². The van der Waals surface area contributed by atoms with Crippen LogP contribution in [0.1, 0.15) is 42.5 Å². The lowest BCUT2D eigenvalue weighted by Crippen LogP contribution is -2.38. The first-order valence-corrected chi connectivity index (χ1v) is 10.7. The third kappa shape index (κ3) is 4.66. The molecule has 1 saturated carbocycles. The van der Waals surface area contributed by atoms with E-state index in [4.69, 9.17) is 11.6 Å². The maximum Gasteiger partial charge on any atom is 0.257 e. The topological polar surface area (TPSA) is 79.4 Å². The number of carbonyl (C=O) groups is 1. The molecule has 0 bridgehead atoms. The van der Waals surface area contributed by atoms with E-state index in [1.165, 1.54) is 35.1 Å². The van der Waals surface area contributed by atoms with Gasteiger partial charge in [0.2, 0.25) is 10.0 Å². The van der Waals surface area contributed by atoms with Gasteiger partial charge in [0.15, 0.2) is 0 Å². The van der Waals surface area contributed by atoms with E-state index in [2.05, 4.69) is 10.3 Å². The molecular weight excluding hydrogens is 386 g/mol. The summed E-state index contributed by atoms with van der Waals surface area (Å²) in [6.07, 6.45) is 6.49.